The molecule has 6 nitrogen and oxygen atoms in total. The quantitative estimate of drug-likeness (QED) is 0.754. The summed E-state index contributed by atoms with van der Waals surface area (Å²) in [5.41, 5.74) is -1.23. The molecule has 0 spiro atoms. The maximum atomic E-state index is 11.4. The normalized spacial score (nSPS) is 11.9. The van der Waals surface area contributed by atoms with E-state index in [9.17, 15) is 18.0 Å². The Hall–Kier alpha value is -1.12. The molecule has 2 aromatic rings. The molecule has 1 aromatic carbocycles. The van der Waals surface area contributed by atoms with Crippen molar-refractivity contribution in [1.82, 2.24) is 9.97 Å². The highest BCUT2D eigenvalue weighted by Crippen LogP contribution is 2.27. The lowest BCUT2D eigenvalue weighted by atomic mass is 10.2. The summed E-state index contributed by atoms with van der Waals surface area (Å²) < 4.78 is 22.6. The van der Waals surface area contributed by atoms with Crippen molar-refractivity contribution in [2.45, 2.75) is 4.90 Å². The number of fused-ring (bicyclic) bond motifs is 1. The van der Waals surface area contributed by atoms with Crippen LogP contribution in [0.25, 0.3) is 10.9 Å². The Morgan fingerprint density at radius 1 is 1.18 bits per heavy atom. The molecule has 0 aliphatic rings. The number of benzene rings is 1. The number of hydrogen-bond donors (Lipinski definition) is 2. The molecular formula is C8H4BrClN2O4S. The monoisotopic (exact) mass is 338 g/mol. The second kappa shape index (κ2) is 3.97. The van der Waals surface area contributed by atoms with Crippen molar-refractivity contribution in [2.24, 2.45) is 0 Å². The highest BCUT2D eigenvalue weighted by molar-refractivity contribution is 9.10. The number of H-pyrrole nitrogens is 2. The molecule has 0 saturated carbocycles. The number of nitrogens with one attached hydrogen (secondary N) is 2. The van der Waals surface area contributed by atoms with Crippen molar-refractivity contribution in [3.05, 3.63) is 37.4 Å². The predicted molar refractivity (Wildman–Crippen MR) is 65.9 cm³/mol. The molecule has 17 heavy (non-hydrogen) atoms. The fraction of sp³-hybridized carbons (Fsp3) is 0. The van der Waals surface area contributed by atoms with Crippen molar-refractivity contribution >= 4 is 46.6 Å². The Kier molecular flexibility index (Phi) is 2.88. The highest BCUT2D eigenvalue weighted by Gasteiger charge is 2.16. The molecule has 0 atom stereocenters. The highest BCUT2D eigenvalue weighted by atomic mass is 79.9. The molecule has 1 aromatic heterocycles. The number of rotatable bonds is 1. The topological polar surface area (TPSA) is 99.9 Å². The van der Waals surface area contributed by atoms with Gasteiger partial charge in [0.2, 0.25) is 0 Å². The van der Waals surface area contributed by atoms with Gasteiger partial charge in [-0.1, -0.05) is 0 Å². The van der Waals surface area contributed by atoms with Gasteiger partial charge in [-0.15, -0.1) is 0 Å². The smallest absolute Gasteiger partial charge is 0.307 e. The zero-order chi connectivity index (χ0) is 12.8. The van der Waals surface area contributed by atoms with Crippen molar-refractivity contribution in [3.63, 3.8) is 0 Å². The van der Waals surface area contributed by atoms with Crippen LogP contribution in [-0.4, -0.2) is 18.4 Å². The molecule has 0 bridgehead atoms. The third-order valence-electron chi connectivity index (χ3n) is 2.05. The van der Waals surface area contributed by atoms with Crippen LogP contribution >= 0.6 is 26.6 Å². The Morgan fingerprint density at radius 3 is 2.41 bits per heavy atom. The van der Waals surface area contributed by atoms with Gasteiger partial charge in [0.25, 0.3) is 14.6 Å². The molecule has 2 N–H and O–H groups in total. The Morgan fingerprint density at radius 2 is 1.82 bits per heavy atom. The summed E-state index contributed by atoms with van der Waals surface area (Å²) in [5.74, 6) is 0. The van der Waals surface area contributed by atoms with Gasteiger partial charge in [-0.3, -0.25) is 9.78 Å². The summed E-state index contributed by atoms with van der Waals surface area (Å²) in [5, 5.41) is 0.153. The second-order valence-corrected chi connectivity index (χ2v) is 6.56. The lowest BCUT2D eigenvalue weighted by Crippen LogP contribution is -2.22. The van der Waals surface area contributed by atoms with Gasteiger partial charge in [0, 0.05) is 15.2 Å². The van der Waals surface area contributed by atoms with Crippen molar-refractivity contribution in [3.8, 4) is 0 Å². The van der Waals surface area contributed by atoms with Gasteiger partial charge in [0.15, 0.2) is 0 Å². The van der Waals surface area contributed by atoms with E-state index < -0.39 is 20.3 Å². The standard InChI is InChI=1S/C8H4BrClN2O4S/c9-4-1-3-5(2-6(4)17(10,15)16)11-8(14)12-7(3)13/h1-2H,(H2,11,12,13,14). The van der Waals surface area contributed by atoms with Gasteiger partial charge in [-0.05, 0) is 28.1 Å². The number of halogens is 2. The third-order valence-corrected chi connectivity index (χ3v) is 4.33. The molecule has 90 valence electrons. The first-order valence-electron chi connectivity index (χ1n) is 4.19. The van der Waals surface area contributed by atoms with Gasteiger partial charge in [-0.25, -0.2) is 13.2 Å². The molecule has 0 aliphatic carbocycles. The molecular weight excluding hydrogens is 336 g/mol. The molecule has 0 radical (unpaired) electrons. The van der Waals surface area contributed by atoms with E-state index in [1.807, 2.05) is 4.98 Å². The number of aromatic amines is 2. The van der Waals surface area contributed by atoms with Crippen LogP contribution in [0.5, 0.6) is 0 Å². The Labute approximate surface area is 107 Å². The number of aromatic nitrogens is 2. The first-order chi connectivity index (χ1) is 7.79. The van der Waals surface area contributed by atoms with Crippen molar-refractivity contribution in [1.29, 1.82) is 0 Å². The summed E-state index contributed by atoms with van der Waals surface area (Å²) in [6, 6.07) is 2.40. The Balaban J connectivity index is 3.01. The minimum atomic E-state index is -3.96. The number of hydrogen-bond acceptors (Lipinski definition) is 4. The molecule has 0 aliphatic heterocycles. The summed E-state index contributed by atoms with van der Waals surface area (Å²) in [4.78, 5) is 26.6. The van der Waals surface area contributed by atoms with Crippen LogP contribution in [0.15, 0.2) is 31.1 Å². The van der Waals surface area contributed by atoms with E-state index in [0.29, 0.717) is 0 Å². The zero-order valence-electron chi connectivity index (χ0n) is 7.95. The first-order valence-corrected chi connectivity index (χ1v) is 7.30. The zero-order valence-corrected chi connectivity index (χ0v) is 11.1. The van der Waals surface area contributed by atoms with Crippen molar-refractivity contribution in [2.75, 3.05) is 0 Å². The molecule has 0 saturated heterocycles. The SMILES string of the molecule is O=c1[nH]c(=O)c2cc(Br)c(S(=O)(=O)Cl)cc2[nH]1. The molecule has 9 heteroatoms. The molecule has 1 heterocycles. The largest absolute Gasteiger partial charge is 0.326 e. The van der Waals surface area contributed by atoms with E-state index in [0.717, 1.165) is 6.07 Å². The van der Waals surface area contributed by atoms with E-state index in [1.54, 1.807) is 0 Å². The van der Waals surface area contributed by atoms with E-state index >= 15 is 0 Å². The maximum absolute atomic E-state index is 11.4. The maximum Gasteiger partial charge on any atom is 0.326 e. The van der Waals surface area contributed by atoms with E-state index in [4.69, 9.17) is 10.7 Å². The van der Waals surface area contributed by atoms with Crippen LogP contribution in [0.4, 0.5) is 0 Å². The predicted octanol–water partition coefficient (Wildman–Crippen LogP) is 0.906. The second-order valence-electron chi connectivity index (χ2n) is 3.17. The van der Waals surface area contributed by atoms with Crippen LogP contribution in [-0.2, 0) is 9.05 Å². The fourth-order valence-corrected chi connectivity index (χ4v) is 3.55. The molecule has 2 rings (SSSR count). The summed E-state index contributed by atoms with van der Waals surface area (Å²) in [7, 11) is 1.25. The summed E-state index contributed by atoms with van der Waals surface area (Å²) in [6.45, 7) is 0. The molecule has 0 fully saturated rings. The molecule has 0 amide bonds. The fourth-order valence-electron chi connectivity index (χ4n) is 1.36. The Bertz CT molecular complexity index is 824. The summed E-state index contributed by atoms with van der Waals surface area (Å²) in [6.07, 6.45) is 0. The average Bonchev–Trinajstić information content (AvgIpc) is 2.16. The third kappa shape index (κ3) is 2.28. The van der Waals surface area contributed by atoms with E-state index in [1.165, 1.54) is 6.07 Å². The van der Waals surface area contributed by atoms with Crippen LogP contribution in [0, 0.1) is 0 Å². The van der Waals surface area contributed by atoms with Gasteiger partial charge in [0.05, 0.1) is 15.8 Å². The van der Waals surface area contributed by atoms with Gasteiger partial charge in [0.1, 0.15) is 0 Å². The van der Waals surface area contributed by atoms with Crippen LogP contribution in [0.2, 0.25) is 0 Å². The van der Waals surface area contributed by atoms with Gasteiger partial charge >= 0.3 is 5.69 Å². The van der Waals surface area contributed by atoms with Gasteiger partial charge < -0.3 is 4.98 Å². The average molecular weight is 340 g/mol. The lowest BCUT2D eigenvalue weighted by Gasteiger charge is -2.02. The minimum Gasteiger partial charge on any atom is -0.307 e. The summed E-state index contributed by atoms with van der Waals surface area (Å²) >= 11 is 3.00. The van der Waals surface area contributed by atoms with Crippen LogP contribution in [0.3, 0.4) is 0 Å². The first kappa shape index (κ1) is 12.3. The van der Waals surface area contributed by atoms with Crippen LogP contribution in [0.1, 0.15) is 0 Å². The molecule has 0 unspecified atom stereocenters. The van der Waals surface area contributed by atoms with Gasteiger partial charge in [-0.2, -0.15) is 0 Å². The lowest BCUT2D eigenvalue weighted by molar-refractivity contribution is 0.609. The van der Waals surface area contributed by atoms with Crippen molar-refractivity contribution < 1.29 is 8.42 Å². The van der Waals surface area contributed by atoms with E-state index in [-0.39, 0.29) is 20.3 Å². The van der Waals surface area contributed by atoms with Crippen LogP contribution < -0.4 is 11.2 Å². The minimum absolute atomic E-state index is 0.0983. The van der Waals surface area contributed by atoms with E-state index in [2.05, 4.69) is 20.9 Å².